The topological polar surface area (TPSA) is 35.5 Å². The fourth-order valence-corrected chi connectivity index (χ4v) is 9.03. The van der Waals surface area contributed by atoms with Crippen LogP contribution in [0.2, 0.25) is 0 Å². The summed E-state index contributed by atoms with van der Waals surface area (Å²) in [5, 5.41) is 0. The third kappa shape index (κ3) is 4.01. The summed E-state index contributed by atoms with van der Waals surface area (Å²) in [6.07, 6.45) is 16.0. The lowest BCUT2D eigenvalue weighted by molar-refractivity contribution is -0.140. The smallest absolute Gasteiger partial charge is 0.305 e. The number of methoxy groups -OCH3 is 1. The molecule has 0 aromatic carbocycles. The Morgan fingerprint density at radius 1 is 1.14 bits per heavy atom. The van der Waals surface area contributed by atoms with Gasteiger partial charge in [-0.1, -0.05) is 13.8 Å². The number of hydrogen-bond acceptors (Lipinski definition) is 4. The molecule has 7 atom stereocenters. The summed E-state index contributed by atoms with van der Waals surface area (Å²) in [6.45, 7) is 5.20. The van der Waals surface area contributed by atoms with E-state index >= 15 is 0 Å². The van der Waals surface area contributed by atoms with E-state index < -0.39 is 0 Å². The van der Waals surface area contributed by atoms with Gasteiger partial charge in [0.1, 0.15) is 15.0 Å². The normalized spacial score (nSPS) is 43.6. The molecular weight excluding hydrogens is 495 g/mol. The molecule has 4 rings (SSSR count). The van der Waals surface area contributed by atoms with E-state index in [2.05, 4.69) is 41.1 Å². The Labute approximate surface area is 193 Å². The summed E-state index contributed by atoms with van der Waals surface area (Å²) < 4.78 is 10.7. The molecule has 0 N–H and O–H groups in total. The van der Waals surface area contributed by atoms with Crippen molar-refractivity contribution in [3.63, 3.8) is 0 Å². The predicted molar refractivity (Wildman–Crippen MR) is 127 cm³/mol. The SMILES string of the molecule is COC(=O)CCCC1CCC2C3CCC4C=C(OSI)CCC4(C)C3CCC12C. The van der Waals surface area contributed by atoms with E-state index in [1.54, 1.807) is 0 Å². The van der Waals surface area contributed by atoms with E-state index in [9.17, 15) is 4.79 Å². The van der Waals surface area contributed by atoms with Gasteiger partial charge in [-0.3, -0.25) is 4.79 Å². The van der Waals surface area contributed by atoms with Gasteiger partial charge in [-0.25, -0.2) is 0 Å². The molecule has 164 valence electrons. The molecule has 0 heterocycles. The molecule has 0 radical (unpaired) electrons. The largest absolute Gasteiger partial charge is 0.469 e. The van der Waals surface area contributed by atoms with Crippen molar-refractivity contribution < 1.29 is 13.7 Å². The molecule has 0 amide bonds. The zero-order chi connectivity index (χ0) is 20.6. The van der Waals surface area contributed by atoms with Crippen molar-refractivity contribution in [2.24, 2.45) is 40.4 Å². The summed E-state index contributed by atoms with van der Waals surface area (Å²) in [5.41, 5.74) is 0.965. The molecule has 4 aliphatic carbocycles. The summed E-state index contributed by atoms with van der Waals surface area (Å²) >= 11 is 2.23. The van der Waals surface area contributed by atoms with Crippen LogP contribution in [0.3, 0.4) is 0 Å². The number of halogens is 1. The first-order valence-corrected chi connectivity index (χ1v) is 14.9. The quantitative estimate of drug-likeness (QED) is 0.202. The molecule has 5 heteroatoms. The van der Waals surface area contributed by atoms with Crippen molar-refractivity contribution in [2.45, 2.75) is 84.5 Å². The first-order valence-electron chi connectivity index (χ1n) is 11.6. The standard InChI is InChI=1S/C24H37IO3S/c1-23-14-12-21-19(20(23)10-8-16(23)5-4-6-22(26)27-3)9-7-17-15-18(28-29-25)11-13-24(17,21)2/h15-17,19-21H,4-14H2,1-3H3. The second-order valence-electron chi connectivity index (χ2n) is 10.6. The highest BCUT2D eigenvalue weighted by molar-refractivity contribution is 14.2. The Kier molecular flexibility index (Phi) is 6.85. The number of fused-ring (bicyclic) bond motifs is 5. The molecule has 3 saturated carbocycles. The molecule has 29 heavy (non-hydrogen) atoms. The summed E-state index contributed by atoms with van der Waals surface area (Å²) in [6, 6.07) is 0. The highest BCUT2D eigenvalue weighted by Crippen LogP contribution is 2.67. The molecule has 0 aromatic rings. The van der Waals surface area contributed by atoms with Gasteiger partial charge in [0.05, 0.1) is 7.11 Å². The minimum atomic E-state index is -0.0469. The van der Waals surface area contributed by atoms with E-state index in [1.165, 1.54) is 73.4 Å². The lowest BCUT2D eigenvalue weighted by Gasteiger charge is -2.59. The Morgan fingerprint density at radius 3 is 2.69 bits per heavy atom. The van der Waals surface area contributed by atoms with Crippen LogP contribution in [0.4, 0.5) is 0 Å². The van der Waals surface area contributed by atoms with Gasteiger partial charge < -0.3 is 8.92 Å². The molecular formula is C24H37IO3S. The van der Waals surface area contributed by atoms with Gasteiger partial charge in [0, 0.05) is 34.0 Å². The van der Waals surface area contributed by atoms with Crippen molar-refractivity contribution in [3.05, 3.63) is 11.8 Å². The number of allylic oxidation sites excluding steroid dienone is 2. The number of esters is 1. The first-order chi connectivity index (χ1) is 13.9. The van der Waals surface area contributed by atoms with Gasteiger partial charge in [-0.2, -0.15) is 0 Å². The van der Waals surface area contributed by atoms with Crippen molar-refractivity contribution in [2.75, 3.05) is 7.11 Å². The summed E-state index contributed by atoms with van der Waals surface area (Å²) in [5.74, 6) is 5.38. The minimum Gasteiger partial charge on any atom is -0.469 e. The Morgan fingerprint density at radius 2 is 1.93 bits per heavy atom. The highest BCUT2D eigenvalue weighted by atomic mass is 127. The molecule has 3 fully saturated rings. The van der Waals surface area contributed by atoms with Gasteiger partial charge in [0.15, 0.2) is 0 Å². The first kappa shape index (κ1) is 22.3. The molecule has 4 aliphatic rings. The van der Waals surface area contributed by atoms with Gasteiger partial charge in [-0.15, -0.1) is 0 Å². The van der Waals surface area contributed by atoms with Crippen LogP contribution in [0.1, 0.15) is 84.5 Å². The van der Waals surface area contributed by atoms with Gasteiger partial charge in [-0.05, 0) is 104 Å². The van der Waals surface area contributed by atoms with Crippen LogP contribution in [0, 0.1) is 40.4 Å². The van der Waals surface area contributed by atoms with Crippen molar-refractivity contribution >= 4 is 36.4 Å². The lowest BCUT2D eigenvalue weighted by atomic mass is 9.45. The zero-order valence-corrected chi connectivity index (χ0v) is 21.2. The maximum atomic E-state index is 11.5. The number of carbonyl (C=O) groups excluding carboxylic acids is 1. The van der Waals surface area contributed by atoms with E-state index in [1.807, 2.05) is 0 Å². The molecule has 0 aliphatic heterocycles. The molecule has 0 saturated heterocycles. The average Bonchev–Trinajstić information content (AvgIpc) is 3.05. The van der Waals surface area contributed by atoms with Crippen molar-refractivity contribution in [3.8, 4) is 0 Å². The zero-order valence-electron chi connectivity index (χ0n) is 18.3. The van der Waals surface area contributed by atoms with Gasteiger partial charge in [0.2, 0.25) is 0 Å². The molecule has 3 nitrogen and oxygen atoms in total. The van der Waals surface area contributed by atoms with Crippen LogP contribution in [-0.2, 0) is 13.7 Å². The molecule has 0 aromatic heterocycles. The van der Waals surface area contributed by atoms with Gasteiger partial charge >= 0.3 is 5.97 Å². The van der Waals surface area contributed by atoms with Crippen LogP contribution in [0.5, 0.6) is 0 Å². The fourth-order valence-electron chi connectivity index (χ4n) is 8.12. The van der Waals surface area contributed by atoms with E-state index in [0.717, 1.165) is 36.5 Å². The third-order valence-corrected chi connectivity index (χ3v) is 10.6. The van der Waals surface area contributed by atoms with Crippen LogP contribution < -0.4 is 0 Å². The molecule has 0 spiro atoms. The third-order valence-electron chi connectivity index (χ3n) is 9.74. The Balaban J connectivity index is 1.45. The van der Waals surface area contributed by atoms with E-state index in [-0.39, 0.29) is 5.97 Å². The molecule has 7 unspecified atom stereocenters. The van der Waals surface area contributed by atoms with Crippen LogP contribution in [-0.4, -0.2) is 13.1 Å². The van der Waals surface area contributed by atoms with Crippen LogP contribution in [0.25, 0.3) is 0 Å². The Hall–Kier alpha value is 0.0900. The summed E-state index contributed by atoms with van der Waals surface area (Å²) in [7, 11) is 2.97. The fraction of sp³-hybridized carbons (Fsp3) is 0.875. The predicted octanol–water partition coefficient (Wildman–Crippen LogP) is 7.50. The maximum Gasteiger partial charge on any atom is 0.305 e. The number of carbonyl (C=O) groups is 1. The minimum absolute atomic E-state index is 0.0469. The number of hydrogen-bond donors (Lipinski definition) is 0. The second-order valence-corrected chi connectivity index (χ2v) is 12.0. The maximum absolute atomic E-state index is 11.5. The lowest BCUT2D eigenvalue weighted by Crippen LogP contribution is -2.52. The van der Waals surface area contributed by atoms with Crippen molar-refractivity contribution in [1.29, 1.82) is 0 Å². The van der Waals surface area contributed by atoms with Gasteiger partial charge in [0.25, 0.3) is 0 Å². The van der Waals surface area contributed by atoms with Crippen LogP contribution in [0.15, 0.2) is 11.8 Å². The van der Waals surface area contributed by atoms with Crippen LogP contribution >= 0.6 is 30.4 Å². The highest BCUT2D eigenvalue weighted by Gasteiger charge is 2.59. The summed E-state index contributed by atoms with van der Waals surface area (Å²) in [4.78, 5) is 11.5. The van der Waals surface area contributed by atoms with E-state index in [0.29, 0.717) is 23.2 Å². The van der Waals surface area contributed by atoms with E-state index in [4.69, 9.17) is 8.92 Å². The Bertz CT molecular complexity index is 652. The molecule has 0 bridgehead atoms. The number of ether oxygens (including phenoxy) is 1. The number of rotatable bonds is 6. The van der Waals surface area contributed by atoms with Crippen molar-refractivity contribution in [1.82, 2.24) is 0 Å². The second kappa shape index (κ2) is 8.91. The monoisotopic (exact) mass is 532 g/mol. The average molecular weight is 533 g/mol.